The van der Waals surface area contributed by atoms with Crippen LogP contribution in [0.25, 0.3) is 11.5 Å². The summed E-state index contributed by atoms with van der Waals surface area (Å²) in [6, 6.07) is 12.1. The van der Waals surface area contributed by atoms with Crippen LogP contribution in [-0.2, 0) is 7.05 Å². The SMILES string of the molecule is Cc1ccc(Sc2ccc(-c3cn([C@H](C)c4nncn4C)nn3)o2)cc1. The van der Waals surface area contributed by atoms with Gasteiger partial charge in [-0.2, -0.15) is 0 Å². The molecule has 0 aliphatic rings. The molecule has 0 radical (unpaired) electrons. The van der Waals surface area contributed by atoms with Crippen molar-refractivity contribution in [2.45, 2.75) is 29.9 Å². The molecule has 4 aromatic rings. The molecule has 0 aliphatic carbocycles. The predicted molar refractivity (Wildman–Crippen MR) is 97.8 cm³/mol. The van der Waals surface area contributed by atoms with Crippen LogP contribution < -0.4 is 0 Å². The zero-order valence-electron chi connectivity index (χ0n) is 14.7. The van der Waals surface area contributed by atoms with Crippen LogP contribution in [0.4, 0.5) is 0 Å². The normalized spacial score (nSPS) is 12.4. The van der Waals surface area contributed by atoms with Crippen molar-refractivity contribution in [2.24, 2.45) is 7.05 Å². The Bertz CT molecular complexity index is 1020. The quantitative estimate of drug-likeness (QED) is 0.536. The van der Waals surface area contributed by atoms with Gasteiger partial charge in [-0.15, -0.1) is 15.3 Å². The average molecular weight is 366 g/mol. The van der Waals surface area contributed by atoms with Crippen LogP contribution in [0.3, 0.4) is 0 Å². The van der Waals surface area contributed by atoms with Gasteiger partial charge in [-0.1, -0.05) is 34.7 Å². The molecular weight excluding hydrogens is 348 g/mol. The van der Waals surface area contributed by atoms with Crippen molar-refractivity contribution in [3.8, 4) is 11.5 Å². The van der Waals surface area contributed by atoms with Gasteiger partial charge in [0.15, 0.2) is 16.7 Å². The lowest BCUT2D eigenvalue weighted by Crippen LogP contribution is -2.12. The molecule has 26 heavy (non-hydrogen) atoms. The molecule has 1 atom stereocenters. The summed E-state index contributed by atoms with van der Waals surface area (Å²) in [7, 11) is 1.91. The third-order valence-electron chi connectivity index (χ3n) is 4.10. The monoisotopic (exact) mass is 366 g/mol. The Labute approximate surface area is 155 Å². The summed E-state index contributed by atoms with van der Waals surface area (Å²) in [5.74, 6) is 1.51. The molecule has 0 spiro atoms. The van der Waals surface area contributed by atoms with Crippen LogP contribution in [0.2, 0.25) is 0 Å². The van der Waals surface area contributed by atoms with Crippen molar-refractivity contribution in [3.63, 3.8) is 0 Å². The fraction of sp³-hybridized carbons (Fsp3) is 0.222. The molecule has 3 aromatic heterocycles. The maximum absolute atomic E-state index is 5.93. The summed E-state index contributed by atoms with van der Waals surface area (Å²) >= 11 is 1.58. The van der Waals surface area contributed by atoms with Gasteiger partial charge in [0.05, 0.1) is 6.20 Å². The van der Waals surface area contributed by atoms with Crippen LogP contribution >= 0.6 is 11.8 Å². The molecule has 0 fully saturated rings. The predicted octanol–water partition coefficient (Wildman–Crippen LogP) is 3.74. The van der Waals surface area contributed by atoms with Crippen LogP contribution in [0, 0.1) is 6.92 Å². The minimum Gasteiger partial charge on any atom is -0.448 e. The van der Waals surface area contributed by atoms with E-state index in [9.17, 15) is 0 Å². The van der Waals surface area contributed by atoms with Crippen molar-refractivity contribution in [2.75, 3.05) is 0 Å². The van der Waals surface area contributed by atoms with Crippen LogP contribution in [-0.4, -0.2) is 29.8 Å². The summed E-state index contributed by atoms with van der Waals surface area (Å²) in [4.78, 5) is 1.14. The molecular formula is C18H18N6OS. The third-order valence-corrected chi connectivity index (χ3v) is 5.03. The number of aryl methyl sites for hydroxylation is 2. The lowest BCUT2D eigenvalue weighted by atomic mass is 10.2. The number of furan rings is 1. The van der Waals surface area contributed by atoms with Gasteiger partial charge in [-0.3, -0.25) is 0 Å². The number of hydrogen-bond acceptors (Lipinski definition) is 6. The zero-order chi connectivity index (χ0) is 18.1. The fourth-order valence-electron chi connectivity index (χ4n) is 2.60. The highest BCUT2D eigenvalue weighted by Crippen LogP contribution is 2.32. The van der Waals surface area contributed by atoms with Crippen LogP contribution in [0.1, 0.15) is 24.4 Å². The van der Waals surface area contributed by atoms with Crippen molar-refractivity contribution >= 4 is 11.8 Å². The summed E-state index contributed by atoms with van der Waals surface area (Å²) < 4.78 is 9.55. The minimum atomic E-state index is -0.0693. The standard InChI is InChI=1S/C18H18N6OS/c1-12-4-6-14(7-5-12)26-17-9-8-16(25-17)15-10-24(22-20-15)13(2)18-21-19-11-23(18)3/h4-11,13H,1-3H3/t13-/m1/s1. The molecule has 1 aromatic carbocycles. The lowest BCUT2D eigenvalue weighted by molar-refractivity contribution is 0.486. The largest absolute Gasteiger partial charge is 0.448 e. The Kier molecular flexibility index (Phi) is 4.34. The van der Waals surface area contributed by atoms with Crippen molar-refractivity contribution < 1.29 is 4.42 Å². The molecule has 0 N–H and O–H groups in total. The maximum Gasteiger partial charge on any atom is 0.165 e. The third kappa shape index (κ3) is 3.28. The van der Waals surface area contributed by atoms with Gasteiger partial charge in [-0.25, -0.2) is 4.68 Å². The second-order valence-corrected chi connectivity index (χ2v) is 7.17. The average Bonchev–Trinajstić information content (AvgIpc) is 3.36. The van der Waals surface area contributed by atoms with Gasteiger partial charge in [0.25, 0.3) is 0 Å². The van der Waals surface area contributed by atoms with E-state index in [1.54, 1.807) is 22.8 Å². The Balaban J connectivity index is 1.52. The topological polar surface area (TPSA) is 74.6 Å². The molecule has 132 valence electrons. The van der Waals surface area contributed by atoms with Gasteiger partial charge in [0.1, 0.15) is 18.1 Å². The van der Waals surface area contributed by atoms with E-state index in [-0.39, 0.29) is 6.04 Å². The zero-order valence-corrected chi connectivity index (χ0v) is 15.5. The molecule has 0 unspecified atom stereocenters. The van der Waals surface area contributed by atoms with E-state index >= 15 is 0 Å². The number of aromatic nitrogens is 6. The maximum atomic E-state index is 5.93. The Hall–Kier alpha value is -2.87. The molecule has 8 heteroatoms. The van der Waals surface area contributed by atoms with Crippen molar-refractivity contribution in [1.82, 2.24) is 29.8 Å². The Morgan fingerprint density at radius 2 is 1.88 bits per heavy atom. The Morgan fingerprint density at radius 3 is 2.62 bits per heavy atom. The fourth-order valence-corrected chi connectivity index (χ4v) is 3.37. The van der Waals surface area contributed by atoms with E-state index in [4.69, 9.17) is 4.42 Å². The van der Waals surface area contributed by atoms with Gasteiger partial charge < -0.3 is 8.98 Å². The summed E-state index contributed by atoms with van der Waals surface area (Å²) in [6.07, 6.45) is 3.53. The molecule has 0 saturated heterocycles. The van der Waals surface area contributed by atoms with Gasteiger partial charge in [0.2, 0.25) is 0 Å². The first-order valence-corrected chi connectivity index (χ1v) is 9.02. The van der Waals surface area contributed by atoms with E-state index in [2.05, 4.69) is 51.7 Å². The van der Waals surface area contributed by atoms with Crippen LogP contribution in [0.15, 0.2) is 63.3 Å². The minimum absolute atomic E-state index is 0.0693. The van der Waals surface area contributed by atoms with E-state index in [0.29, 0.717) is 11.5 Å². The van der Waals surface area contributed by atoms with E-state index < -0.39 is 0 Å². The molecule has 3 heterocycles. The summed E-state index contributed by atoms with van der Waals surface area (Å²) in [6.45, 7) is 4.08. The summed E-state index contributed by atoms with van der Waals surface area (Å²) in [5.41, 5.74) is 1.93. The van der Waals surface area contributed by atoms with Gasteiger partial charge in [0, 0.05) is 11.9 Å². The first-order chi connectivity index (χ1) is 12.6. The van der Waals surface area contributed by atoms with Gasteiger partial charge >= 0.3 is 0 Å². The van der Waals surface area contributed by atoms with E-state index in [0.717, 1.165) is 15.8 Å². The van der Waals surface area contributed by atoms with Crippen molar-refractivity contribution in [1.29, 1.82) is 0 Å². The molecule has 0 bridgehead atoms. The second-order valence-electron chi connectivity index (χ2n) is 6.09. The summed E-state index contributed by atoms with van der Waals surface area (Å²) in [5, 5.41) is 17.3. The number of benzene rings is 1. The first-order valence-electron chi connectivity index (χ1n) is 8.20. The molecule has 4 rings (SSSR count). The smallest absolute Gasteiger partial charge is 0.165 e. The highest BCUT2D eigenvalue weighted by molar-refractivity contribution is 7.99. The van der Waals surface area contributed by atoms with E-state index in [1.165, 1.54) is 5.56 Å². The molecule has 0 aliphatic heterocycles. The lowest BCUT2D eigenvalue weighted by Gasteiger charge is -2.09. The van der Waals surface area contributed by atoms with Gasteiger partial charge in [-0.05, 0) is 38.1 Å². The highest BCUT2D eigenvalue weighted by atomic mass is 32.2. The molecule has 0 amide bonds. The molecule has 7 nitrogen and oxygen atoms in total. The van der Waals surface area contributed by atoms with Crippen molar-refractivity contribution in [3.05, 3.63) is 60.3 Å². The first kappa shape index (κ1) is 16.6. The number of nitrogens with zero attached hydrogens (tertiary/aromatic N) is 6. The van der Waals surface area contributed by atoms with Crippen LogP contribution in [0.5, 0.6) is 0 Å². The Morgan fingerprint density at radius 1 is 1.08 bits per heavy atom. The highest BCUT2D eigenvalue weighted by Gasteiger charge is 2.17. The number of rotatable bonds is 5. The van der Waals surface area contributed by atoms with E-state index in [1.807, 2.05) is 36.9 Å². The molecule has 0 saturated carbocycles. The number of hydrogen-bond donors (Lipinski definition) is 0. The second kappa shape index (κ2) is 6.80.